The largest absolute Gasteiger partial charge is 0.480 e. The molecule has 1 aromatic heterocycles. The van der Waals surface area contributed by atoms with Crippen LogP contribution in [0.2, 0.25) is 0 Å². The lowest BCUT2D eigenvalue weighted by atomic mass is 10.1. The highest BCUT2D eigenvalue weighted by atomic mass is 32.1. The number of hydrogen-bond donors (Lipinski definition) is 1. The molecule has 0 aromatic carbocycles. The average Bonchev–Trinajstić information content (AvgIpc) is 2.78. The lowest BCUT2D eigenvalue weighted by Gasteiger charge is -2.34. The topological polar surface area (TPSA) is 60.9 Å². The second-order valence-corrected chi connectivity index (χ2v) is 6.58. The van der Waals surface area contributed by atoms with E-state index in [1.165, 1.54) is 0 Å². The standard InChI is InChI=1S/C14H22N2O3S/c1-14(2,3)16(9-13(18)19)8-12(17)15(4)7-11-5-6-20-10-11/h5-6,10H,7-9H2,1-4H3,(H,18,19). The summed E-state index contributed by atoms with van der Waals surface area (Å²) in [4.78, 5) is 26.4. The molecule has 0 spiro atoms. The molecule has 0 saturated carbocycles. The lowest BCUT2D eigenvalue weighted by molar-refractivity contribution is -0.141. The van der Waals surface area contributed by atoms with Gasteiger partial charge in [-0.1, -0.05) is 0 Å². The van der Waals surface area contributed by atoms with E-state index in [0.717, 1.165) is 5.56 Å². The Morgan fingerprint density at radius 1 is 1.30 bits per heavy atom. The van der Waals surface area contributed by atoms with E-state index in [2.05, 4.69) is 0 Å². The number of carbonyl (C=O) groups is 2. The molecule has 0 unspecified atom stereocenters. The van der Waals surface area contributed by atoms with Crippen LogP contribution >= 0.6 is 11.3 Å². The molecule has 0 radical (unpaired) electrons. The third-order valence-corrected chi connectivity index (χ3v) is 3.76. The quantitative estimate of drug-likeness (QED) is 0.871. The number of hydrogen-bond acceptors (Lipinski definition) is 4. The Morgan fingerprint density at radius 2 is 1.95 bits per heavy atom. The van der Waals surface area contributed by atoms with Crippen LogP contribution in [0.15, 0.2) is 16.8 Å². The molecule has 0 aliphatic heterocycles. The third kappa shape index (κ3) is 5.30. The van der Waals surface area contributed by atoms with Crippen molar-refractivity contribution in [1.29, 1.82) is 0 Å². The molecule has 0 aliphatic rings. The van der Waals surface area contributed by atoms with E-state index >= 15 is 0 Å². The molecule has 1 amide bonds. The van der Waals surface area contributed by atoms with E-state index in [4.69, 9.17) is 5.11 Å². The number of carboxylic acids is 1. The predicted molar refractivity (Wildman–Crippen MR) is 79.8 cm³/mol. The first kappa shape index (κ1) is 16.7. The van der Waals surface area contributed by atoms with E-state index in [1.54, 1.807) is 28.2 Å². The van der Waals surface area contributed by atoms with Crippen molar-refractivity contribution in [2.24, 2.45) is 0 Å². The zero-order chi connectivity index (χ0) is 15.3. The minimum absolute atomic E-state index is 0.0765. The molecule has 0 bridgehead atoms. The molecule has 5 nitrogen and oxygen atoms in total. The van der Waals surface area contributed by atoms with E-state index in [1.807, 2.05) is 37.6 Å². The highest BCUT2D eigenvalue weighted by molar-refractivity contribution is 7.07. The molecular weight excluding hydrogens is 276 g/mol. The fraction of sp³-hybridized carbons (Fsp3) is 0.571. The molecule has 1 N–H and O–H groups in total. The number of carboxylic acid groups (broad SMARTS) is 1. The van der Waals surface area contributed by atoms with Gasteiger partial charge in [0.2, 0.25) is 5.91 Å². The maximum atomic E-state index is 12.2. The molecule has 112 valence electrons. The Hall–Kier alpha value is -1.40. The van der Waals surface area contributed by atoms with Crippen LogP contribution in [0.1, 0.15) is 26.3 Å². The predicted octanol–water partition coefficient (Wildman–Crippen LogP) is 1.89. The summed E-state index contributed by atoms with van der Waals surface area (Å²) in [6, 6.07) is 1.98. The zero-order valence-electron chi connectivity index (χ0n) is 12.4. The fourth-order valence-corrected chi connectivity index (χ4v) is 2.38. The lowest BCUT2D eigenvalue weighted by Crippen LogP contribution is -2.49. The molecule has 6 heteroatoms. The Labute approximate surface area is 123 Å². The van der Waals surface area contributed by atoms with Gasteiger partial charge in [-0.05, 0) is 43.2 Å². The van der Waals surface area contributed by atoms with Crippen LogP contribution in [0.3, 0.4) is 0 Å². The number of thiophene rings is 1. The monoisotopic (exact) mass is 298 g/mol. The highest BCUT2D eigenvalue weighted by Gasteiger charge is 2.26. The minimum atomic E-state index is -0.923. The van der Waals surface area contributed by atoms with Crippen LogP contribution in [-0.2, 0) is 16.1 Å². The van der Waals surface area contributed by atoms with Crippen molar-refractivity contribution in [3.05, 3.63) is 22.4 Å². The maximum Gasteiger partial charge on any atom is 0.317 e. The minimum Gasteiger partial charge on any atom is -0.480 e. The summed E-state index contributed by atoms with van der Waals surface area (Å²) in [6.07, 6.45) is 0. The van der Waals surface area contributed by atoms with Gasteiger partial charge in [-0.3, -0.25) is 14.5 Å². The molecule has 0 atom stereocenters. The van der Waals surface area contributed by atoms with E-state index in [9.17, 15) is 9.59 Å². The summed E-state index contributed by atoms with van der Waals surface area (Å²) < 4.78 is 0. The number of likely N-dealkylation sites (N-methyl/N-ethyl adjacent to an activating group) is 1. The van der Waals surface area contributed by atoms with Gasteiger partial charge in [-0.15, -0.1) is 0 Å². The van der Waals surface area contributed by atoms with Crippen LogP contribution in [0.4, 0.5) is 0 Å². The van der Waals surface area contributed by atoms with Crippen molar-refractivity contribution in [1.82, 2.24) is 9.80 Å². The van der Waals surface area contributed by atoms with Gasteiger partial charge in [0.25, 0.3) is 0 Å². The van der Waals surface area contributed by atoms with Crippen molar-refractivity contribution in [3.63, 3.8) is 0 Å². The summed E-state index contributed by atoms with van der Waals surface area (Å²) in [5.74, 6) is -0.999. The zero-order valence-corrected chi connectivity index (χ0v) is 13.2. The number of aliphatic carboxylic acids is 1. The van der Waals surface area contributed by atoms with Crippen molar-refractivity contribution in [2.75, 3.05) is 20.1 Å². The molecule has 20 heavy (non-hydrogen) atoms. The van der Waals surface area contributed by atoms with E-state index < -0.39 is 5.97 Å². The van der Waals surface area contributed by atoms with Crippen LogP contribution < -0.4 is 0 Å². The molecular formula is C14H22N2O3S. The van der Waals surface area contributed by atoms with Crippen molar-refractivity contribution >= 4 is 23.2 Å². The van der Waals surface area contributed by atoms with Gasteiger partial charge < -0.3 is 10.0 Å². The van der Waals surface area contributed by atoms with Crippen LogP contribution in [0, 0.1) is 0 Å². The first-order chi connectivity index (χ1) is 9.20. The average molecular weight is 298 g/mol. The van der Waals surface area contributed by atoms with Gasteiger partial charge in [0.05, 0.1) is 13.1 Å². The number of rotatable bonds is 6. The van der Waals surface area contributed by atoms with Crippen LogP contribution in [-0.4, -0.2) is 52.5 Å². The Kier molecular flexibility index (Phi) is 5.71. The molecule has 0 aliphatic carbocycles. The smallest absolute Gasteiger partial charge is 0.317 e. The highest BCUT2D eigenvalue weighted by Crippen LogP contribution is 2.14. The fourth-order valence-electron chi connectivity index (χ4n) is 1.72. The first-order valence-electron chi connectivity index (χ1n) is 6.42. The normalized spacial score (nSPS) is 11.7. The van der Waals surface area contributed by atoms with Crippen molar-refractivity contribution < 1.29 is 14.7 Å². The molecule has 1 heterocycles. The van der Waals surface area contributed by atoms with Crippen molar-refractivity contribution in [3.8, 4) is 0 Å². The van der Waals surface area contributed by atoms with E-state index in [0.29, 0.717) is 6.54 Å². The SMILES string of the molecule is CN(Cc1ccsc1)C(=O)CN(CC(=O)O)C(C)(C)C. The molecule has 1 rings (SSSR count). The Morgan fingerprint density at radius 3 is 2.40 bits per heavy atom. The van der Waals surface area contributed by atoms with Gasteiger partial charge in [0.1, 0.15) is 0 Å². The number of carbonyl (C=O) groups excluding carboxylic acids is 1. The summed E-state index contributed by atoms with van der Waals surface area (Å²) in [5, 5.41) is 12.9. The van der Waals surface area contributed by atoms with E-state index in [-0.39, 0.29) is 24.5 Å². The van der Waals surface area contributed by atoms with Gasteiger partial charge in [-0.2, -0.15) is 11.3 Å². The van der Waals surface area contributed by atoms with Gasteiger partial charge in [0, 0.05) is 19.1 Å². The van der Waals surface area contributed by atoms with Gasteiger partial charge in [0.15, 0.2) is 0 Å². The second kappa shape index (κ2) is 6.85. The maximum absolute atomic E-state index is 12.2. The van der Waals surface area contributed by atoms with Crippen LogP contribution in [0.5, 0.6) is 0 Å². The Bertz CT molecular complexity index is 451. The van der Waals surface area contributed by atoms with Gasteiger partial charge >= 0.3 is 5.97 Å². The number of amides is 1. The first-order valence-corrected chi connectivity index (χ1v) is 7.36. The molecule has 0 fully saturated rings. The van der Waals surface area contributed by atoms with Gasteiger partial charge in [-0.25, -0.2) is 0 Å². The van der Waals surface area contributed by atoms with Crippen LogP contribution in [0.25, 0.3) is 0 Å². The Balaban J connectivity index is 2.63. The summed E-state index contributed by atoms with van der Waals surface area (Å²) in [5.41, 5.74) is 0.725. The summed E-state index contributed by atoms with van der Waals surface area (Å²) in [6.45, 7) is 6.23. The molecule has 0 saturated heterocycles. The second-order valence-electron chi connectivity index (χ2n) is 5.80. The van der Waals surface area contributed by atoms with Crippen molar-refractivity contribution in [2.45, 2.75) is 32.9 Å². The number of nitrogens with zero attached hydrogens (tertiary/aromatic N) is 2. The summed E-state index contributed by atoms with van der Waals surface area (Å²) in [7, 11) is 1.74. The third-order valence-electron chi connectivity index (χ3n) is 3.03. The summed E-state index contributed by atoms with van der Waals surface area (Å²) >= 11 is 1.59. The molecule has 1 aromatic rings.